The Morgan fingerprint density at radius 2 is 1.89 bits per heavy atom. The van der Waals surface area contributed by atoms with Crippen molar-refractivity contribution < 1.29 is 13.6 Å². The molecule has 96 valence electrons. The first-order valence-corrected chi connectivity index (χ1v) is 5.58. The first kappa shape index (κ1) is 12.7. The molecule has 0 amide bonds. The van der Waals surface area contributed by atoms with E-state index >= 15 is 0 Å². The Morgan fingerprint density at radius 1 is 1.28 bits per heavy atom. The third kappa shape index (κ3) is 2.01. The van der Waals surface area contributed by atoms with Crippen LogP contribution >= 0.6 is 0 Å². The molecule has 3 nitrogen and oxygen atoms in total. The van der Waals surface area contributed by atoms with Crippen LogP contribution in [0.3, 0.4) is 0 Å². The Hall–Kier alpha value is -1.75. The monoisotopic (exact) mass is 252 g/mol. The van der Waals surface area contributed by atoms with Gasteiger partial charge in [0.05, 0.1) is 11.6 Å². The Kier molecular flexibility index (Phi) is 3.17. The molecule has 0 radical (unpaired) electrons. The van der Waals surface area contributed by atoms with Crippen molar-refractivity contribution in [2.24, 2.45) is 0 Å². The highest BCUT2D eigenvalue weighted by Crippen LogP contribution is 2.20. The summed E-state index contributed by atoms with van der Waals surface area (Å²) in [5.74, 6) is -2.04. The van der Waals surface area contributed by atoms with Gasteiger partial charge in [-0.3, -0.25) is 14.3 Å². The van der Waals surface area contributed by atoms with Crippen LogP contribution in [0.1, 0.15) is 11.7 Å². The van der Waals surface area contributed by atoms with Gasteiger partial charge in [-0.15, -0.1) is 0 Å². The van der Waals surface area contributed by atoms with E-state index in [0.717, 1.165) is 12.1 Å². The lowest BCUT2D eigenvalue weighted by atomic mass is 10.2. The molecule has 2 aromatic rings. The van der Waals surface area contributed by atoms with Gasteiger partial charge in [0.2, 0.25) is 5.91 Å². The lowest BCUT2D eigenvalue weighted by Crippen LogP contribution is -2.36. The van der Waals surface area contributed by atoms with Gasteiger partial charge in [0.25, 0.3) is 0 Å². The van der Waals surface area contributed by atoms with Crippen molar-refractivity contribution in [2.45, 2.75) is 13.0 Å². The van der Waals surface area contributed by atoms with Crippen LogP contribution in [0.15, 0.2) is 24.4 Å². The van der Waals surface area contributed by atoms with E-state index in [9.17, 15) is 13.6 Å². The molecule has 0 aliphatic heterocycles. The predicted octanol–water partition coefficient (Wildman–Crippen LogP) is 2.51. The predicted molar refractivity (Wildman–Crippen MR) is 65.6 cm³/mol. The second-order valence-corrected chi connectivity index (χ2v) is 4.49. The summed E-state index contributed by atoms with van der Waals surface area (Å²) < 4.78 is 27.6. The highest BCUT2D eigenvalue weighted by molar-refractivity contribution is 5.94. The molecule has 1 aromatic carbocycles. The third-order valence-corrected chi connectivity index (χ3v) is 3.10. The topological polar surface area (TPSA) is 25.2 Å². The van der Waals surface area contributed by atoms with Crippen LogP contribution in [0.5, 0.6) is 0 Å². The zero-order valence-electron chi connectivity index (χ0n) is 10.4. The number of carbonyl (C=O) groups is 1. The number of benzene rings is 1. The van der Waals surface area contributed by atoms with Crippen LogP contribution in [0, 0.1) is 11.6 Å². The van der Waals surface area contributed by atoms with Crippen LogP contribution < -0.4 is 0 Å². The van der Waals surface area contributed by atoms with E-state index in [1.54, 1.807) is 32.0 Å². The van der Waals surface area contributed by atoms with Crippen LogP contribution in [0.25, 0.3) is 10.9 Å². The SMILES string of the molecule is C[C@H](C(=O)n1ccc2cc(F)c(F)cc21)N(C)C. The van der Waals surface area contributed by atoms with E-state index in [-0.39, 0.29) is 11.9 Å². The summed E-state index contributed by atoms with van der Waals surface area (Å²) in [6.07, 6.45) is 1.53. The Balaban J connectivity index is 2.53. The molecule has 0 spiro atoms. The van der Waals surface area contributed by atoms with Crippen molar-refractivity contribution in [3.8, 4) is 0 Å². The van der Waals surface area contributed by atoms with Crippen molar-refractivity contribution in [3.05, 3.63) is 36.0 Å². The van der Waals surface area contributed by atoms with Crippen LogP contribution in [-0.4, -0.2) is 35.5 Å². The second-order valence-electron chi connectivity index (χ2n) is 4.49. The number of hydrogen-bond donors (Lipinski definition) is 0. The minimum absolute atomic E-state index is 0.180. The molecule has 5 heteroatoms. The number of fused-ring (bicyclic) bond motifs is 1. The fraction of sp³-hybridized carbons (Fsp3) is 0.308. The number of halogens is 2. The Morgan fingerprint density at radius 3 is 2.50 bits per heavy atom. The molecule has 0 unspecified atom stereocenters. The van der Waals surface area contributed by atoms with Gasteiger partial charge in [0.1, 0.15) is 0 Å². The number of nitrogens with zero attached hydrogens (tertiary/aromatic N) is 2. The van der Waals surface area contributed by atoms with Gasteiger partial charge in [-0.25, -0.2) is 8.78 Å². The highest BCUT2D eigenvalue weighted by atomic mass is 19.2. The second kappa shape index (κ2) is 4.49. The average molecular weight is 252 g/mol. The molecule has 1 aromatic heterocycles. The molecule has 18 heavy (non-hydrogen) atoms. The number of carbonyl (C=O) groups excluding carboxylic acids is 1. The molecular weight excluding hydrogens is 238 g/mol. The summed E-state index contributed by atoms with van der Waals surface area (Å²) >= 11 is 0. The molecule has 0 aliphatic carbocycles. The van der Waals surface area contributed by atoms with Crippen LogP contribution in [0.4, 0.5) is 8.78 Å². The molecule has 1 heterocycles. The largest absolute Gasteiger partial charge is 0.298 e. The summed E-state index contributed by atoms with van der Waals surface area (Å²) in [6, 6.07) is 3.39. The zero-order valence-corrected chi connectivity index (χ0v) is 10.4. The summed E-state index contributed by atoms with van der Waals surface area (Å²) in [5, 5.41) is 0.508. The van der Waals surface area contributed by atoms with Gasteiger partial charge < -0.3 is 0 Å². The maximum Gasteiger partial charge on any atom is 0.248 e. The van der Waals surface area contributed by atoms with Crippen molar-refractivity contribution in [3.63, 3.8) is 0 Å². The van der Waals surface area contributed by atoms with Crippen LogP contribution in [-0.2, 0) is 0 Å². The molecule has 0 fully saturated rings. The minimum atomic E-state index is -0.951. The maximum absolute atomic E-state index is 13.2. The lowest BCUT2D eigenvalue weighted by molar-refractivity contribution is 0.0809. The summed E-state index contributed by atoms with van der Waals surface area (Å²) in [7, 11) is 3.57. The summed E-state index contributed by atoms with van der Waals surface area (Å²) in [5.41, 5.74) is 0.382. The first-order valence-electron chi connectivity index (χ1n) is 5.58. The van der Waals surface area contributed by atoms with E-state index in [1.807, 2.05) is 0 Å². The maximum atomic E-state index is 13.2. The Labute approximate surface area is 104 Å². The molecule has 2 rings (SSSR count). The van der Waals surface area contributed by atoms with E-state index in [1.165, 1.54) is 10.8 Å². The molecule has 1 atom stereocenters. The molecule has 0 saturated carbocycles. The van der Waals surface area contributed by atoms with Gasteiger partial charge in [0.15, 0.2) is 11.6 Å². The van der Waals surface area contributed by atoms with Crippen molar-refractivity contribution in [1.82, 2.24) is 9.47 Å². The molecule has 0 saturated heterocycles. The number of likely N-dealkylation sites (N-methyl/N-ethyl adjacent to an activating group) is 1. The number of aromatic nitrogens is 1. The summed E-state index contributed by atoms with van der Waals surface area (Å²) in [6.45, 7) is 1.76. The molecule has 0 bridgehead atoms. The van der Waals surface area contributed by atoms with Gasteiger partial charge in [0, 0.05) is 17.6 Å². The number of hydrogen-bond acceptors (Lipinski definition) is 2. The minimum Gasteiger partial charge on any atom is -0.298 e. The smallest absolute Gasteiger partial charge is 0.248 e. The van der Waals surface area contributed by atoms with Gasteiger partial charge in [-0.05, 0) is 33.2 Å². The van der Waals surface area contributed by atoms with Crippen molar-refractivity contribution in [1.29, 1.82) is 0 Å². The van der Waals surface area contributed by atoms with E-state index < -0.39 is 11.6 Å². The molecule has 0 N–H and O–H groups in total. The normalized spacial score (nSPS) is 13.2. The quantitative estimate of drug-likeness (QED) is 0.820. The zero-order chi connectivity index (χ0) is 13.4. The van der Waals surface area contributed by atoms with Crippen LogP contribution in [0.2, 0.25) is 0 Å². The lowest BCUT2D eigenvalue weighted by Gasteiger charge is -2.19. The Bertz CT molecular complexity index is 604. The van der Waals surface area contributed by atoms with E-state index in [4.69, 9.17) is 0 Å². The molecular formula is C13H14F2N2O. The highest BCUT2D eigenvalue weighted by Gasteiger charge is 2.19. The molecule has 0 aliphatic rings. The first-order chi connectivity index (χ1) is 8.41. The third-order valence-electron chi connectivity index (χ3n) is 3.10. The van der Waals surface area contributed by atoms with Gasteiger partial charge in [-0.2, -0.15) is 0 Å². The van der Waals surface area contributed by atoms with Gasteiger partial charge in [-0.1, -0.05) is 0 Å². The van der Waals surface area contributed by atoms with E-state index in [2.05, 4.69) is 0 Å². The fourth-order valence-corrected chi connectivity index (χ4v) is 1.74. The van der Waals surface area contributed by atoms with E-state index in [0.29, 0.717) is 10.9 Å². The number of rotatable bonds is 2. The summed E-state index contributed by atoms with van der Waals surface area (Å²) in [4.78, 5) is 13.9. The van der Waals surface area contributed by atoms with Crippen molar-refractivity contribution in [2.75, 3.05) is 14.1 Å². The van der Waals surface area contributed by atoms with Gasteiger partial charge >= 0.3 is 0 Å². The average Bonchev–Trinajstić information content (AvgIpc) is 2.70. The standard InChI is InChI=1S/C13H14F2N2O/c1-8(16(2)3)13(18)17-5-4-9-6-10(14)11(15)7-12(9)17/h4-8H,1-3H3/t8-/m1/s1. The fourth-order valence-electron chi connectivity index (χ4n) is 1.74. The van der Waals surface area contributed by atoms with Crippen molar-refractivity contribution >= 4 is 16.8 Å².